The van der Waals surface area contributed by atoms with Gasteiger partial charge in [0.1, 0.15) is 17.5 Å². The average Bonchev–Trinajstić information content (AvgIpc) is 2.88. The molecule has 0 unspecified atom stereocenters. The summed E-state index contributed by atoms with van der Waals surface area (Å²) in [6, 6.07) is 8.87. The number of anilines is 2. The Morgan fingerprint density at radius 1 is 1.05 bits per heavy atom. The minimum atomic E-state index is -4.42. The summed E-state index contributed by atoms with van der Waals surface area (Å²) in [5.74, 6) is -4.14. The molecule has 0 bridgehead atoms. The second-order valence-corrected chi connectivity index (χ2v) is 9.29. The maximum absolute atomic E-state index is 15.1. The standard InChI is InChI=1S/C25H22F3N5O3S/c1-15(12-31-22-9-6-16(14-32-22)17(11-29)13-30-2)25(34)23-20(27)7-8-21(24(23)28)33-37(35,36)19-5-3-4-18(26)10-19/h3-14,29-30,33H,1-2H3,(H,31,32)/b15-12+,17-13+,29-11?. The first kappa shape index (κ1) is 27.1. The molecule has 0 fully saturated rings. The lowest BCUT2D eigenvalue weighted by Gasteiger charge is -2.12. The fraction of sp³-hybridized carbons (Fsp3) is 0.0800. The number of Topliss-reactive ketones (excluding diaryl/α,β-unsaturated/α-hetero) is 1. The van der Waals surface area contributed by atoms with E-state index in [1.54, 1.807) is 25.4 Å². The molecule has 0 aliphatic heterocycles. The van der Waals surface area contributed by atoms with E-state index in [9.17, 15) is 22.0 Å². The van der Waals surface area contributed by atoms with Gasteiger partial charge in [0.05, 0.1) is 16.1 Å². The summed E-state index contributed by atoms with van der Waals surface area (Å²) in [5, 5.41) is 13.0. The summed E-state index contributed by atoms with van der Waals surface area (Å²) in [4.78, 5) is 16.5. The van der Waals surface area contributed by atoms with Gasteiger partial charge in [-0.05, 0) is 49.4 Å². The van der Waals surface area contributed by atoms with Crippen LogP contribution in [0.3, 0.4) is 0 Å². The molecule has 2 aromatic carbocycles. The van der Waals surface area contributed by atoms with Crippen LogP contribution >= 0.6 is 0 Å². The molecule has 1 heterocycles. The zero-order chi connectivity index (χ0) is 27.2. The molecule has 3 rings (SSSR count). The molecule has 0 radical (unpaired) electrons. The van der Waals surface area contributed by atoms with E-state index in [1.165, 1.54) is 19.3 Å². The average molecular weight is 530 g/mol. The number of carbonyl (C=O) groups excluding carboxylic acids is 1. The third-order valence-corrected chi connectivity index (χ3v) is 6.38. The van der Waals surface area contributed by atoms with Crippen LogP contribution in [-0.2, 0) is 10.0 Å². The second-order valence-electron chi connectivity index (χ2n) is 7.61. The van der Waals surface area contributed by atoms with Gasteiger partial charge in [-0.1, -0.05) is 6.07 Å². The minimum absolute atomic E-state index is 0.0935. The number of sulfonamides is 1. The lowest BCUT2D eigenvalue weighted by atomic mass is 10.0. The maximum atomic E-state index is 15.1. The third kappa shape index (κ3) is 6.41. The number of nitrogens with zero attached hydrogens (tertiary/aromatic N) is 1. The van der Waals surface area contributed by atoms with Crippen LogP contribution in [0.15, 0.2) is 77.6 Å². The van der Waals surface area contributed by atoms with Crippen LogP contribution in [0.5, 0.6) is 0 Å². The van der Waals surface area contributed by atoms with E-state index < -0.39 is 49.4 Å². The van der Waals surface area contributed by atoms with E-state index in [1.807, 2.05) is 4.72 Å². The van der Waals surface area contributed by atoms with E-state index in [4.69, 9.17) is 5.41 Å². The Hall–Kier alpha value is -4.45. The molecule has 0 aliphatic rings. The summed E-state index contributed by atoms with van der Waals surface area (Å²) in [7, 11) is -2.72. The van der Waals surface area contributed by atoms with E-state index in [-0.39, 0.29) is 5.57 Å². The summed E-state index contributed by atoms with van der Waals surface area (Å²) in [6.07, 6.45) is 5.47. The van der Waals surface area contributed by atoms with Crippen molar-refractivity contribution in [2.45, 2.75) is 11.8 Å². The number of benzene rings is 2. The van der Waals surface area contributed by atoms with E-state index in [0.29, 0.717) is 17.0 Å². The summed E-state index contributed by atoms with van der Waals surface area (Å²) in [6.45, 7) is 1.31. The number of carbonyl (C=O) groups is 1. The normalized spacial score (nSPS) is 12.1. The van der Waals surface area contributed by atoms with Gasteiger partial charge in [-0.25, -0.2) is 26.6 Å². The predicted octanol–water partition coefficient (Wildman–Crippen LogP) is 4.71. The van der Waals surface area contributed by atoms with Gasteiger partial charge in [0.2, 0.25) is 0 Å². The van der Waals surface area contributed by atoms with Crippen molar-refractivity contribution in [3.8, 4) is 0 Å². The molecule has 192 valence electrons. The quantitative estimate of drug-likeness (QED) is 0.171. The molecule has 1 aromatic heterocycles. The molecule has 3 aromatic rings. The first-order valence-electron chi connectivity index (χ1n) is 10.7. The van der Waals surface area contributed by atoms with Gasteiger partial charge >= 0.3 is 0 Å². The van der Waals surface area contributed by atoms with Gasteiger partial charge in [0, 0.05) is 48.6 Å². The smallest absolute Gasteiger partial charge is 0.262 e. The minimum Gasteiger partial charge on any atom is -0.393 e. The van der Waals surface area contributed by atoms with Crippen LogP contribution in [0.2, 0.25) is 0 Å². The third-order valence-electron chi connectivity index (χ3n) is 5.02. The summed E-state index contributed by atoms with van der Waals surface area (Å²) in [5.41, 5.74) is -0.491. The predicted molar refractivity (Wildman–Crippen MR) is 135 cm³/mol. The molecule has 0 saturated carbocycles. The number of rotatable bonds is 10. The number of hydrogen-bond acceptors (Lipinski definition) is 7. The van der Waals surface area contributed by atoms with Crippen molar-refractivity contribution in [2.75, 3.05) is 17.1 Å². The lowest BCUT2D eigenvalue weighted by Crippen LogP contribution is -2.17. The molecule has 0 aliphatic carbocycles. The Morgan fingerprint density at radius 3 is 2.43 bits per heavy atom. The Kier molecular flexibility index (Phi) is 8.45. The van der Waals surface area contributed by atoms with Gasteiger partial charge in [0.25, 0.3) is 10.0 Å². The highest BCUT2D eigenvalue weighted by Crippen LogP contribution is 2.26. The van der Waals surface area contributed by atoms with Crippen molar-refractivity contribution in [1.29, 1.82) is 5.41 Å². The van der Waals surface area contributed by atoms with Crippen LogP contribution in [0.1, 0.15) is 22.8 Å². The molecular formula is C25H22F3N5O3S. The summed E-state index contributed by atoms with van der Waals surface area (Å²) < 4.78 is 69.9. The maximum Gasteiger partial charge on any atom is 0.262 e. The van der Waals surface area contributed by atoms with Crippen LogP contribution in [0, 0.1) is 22.9 Å². The molecular weight excluding hydrogens is 507 g/mol. The van der Waals surface area contributed by atoms with Crippen molar-refractivity contribution in [1.82, 2.24) is 10.3 Å². The molecule has 37 heavy (non-hydrogen) atoms. The lowest BCUT2D eigenvalue weighted by molar-refractivity contribution is 0.102. The van der Waals surface area contributed by atoms with E-state index in [2.05, 4.69) is 15.6 Å². The molecule has 0 saturated heterocycles. The van der Waals surface area contributed by atoms with Crippen LogP contribution in [0.4, 0.5) is 24.7 Å². The van der Waals surface area contributed by atoms with Crippen molar-refractivity contribution in [3.05, 3.63) is 101 Å². The first-order chi connectivity index (χ1) is 17.6. The van der Waals surface area contributed by atoms with Gasteiger partial charge < -0.3 is 16.0 Å². The molecule has 0 amide bonds. The topological polar surface area (TPSA) is 124 Å². The van der Waals surface area contributed by atoms with Crippen LogP contribution < -0.4 is 15.4 Å². The monoisotopic (exact) mass is 529 g/mol. The van der Waals surface area contributed by atoms with Gasteiger partial charge in [-0.15, -0.1) is 0 Å². The second kappa shape index (κ2) is 11.5. The number of allylic oxidation sites excluding steroid dienone is 2. The molecule has 8 nitrogen and oxygen atoms in total. The highest BCUT2D eigenvalue weighted by molar-refractivity contribution is 7.92. The number of nitrogens with one attached hydrogen (secondary N) is 4. The van der Waals surface area contributed by atoms with Crippen molar-refractivity contribution in [2.24, 2.45) is 0 Å². The fourth-order valence-corrected chi connectivity index (χ4v) is 4.23. The molecule has 12 heteroatoms. The van der Waals surface area contributed by atoms with Gasteiger partial charge in [-0.2, -0.15) is 0 Å². The van der Waals surface area contributed by atoms with Gasteiger partial charge in [-0.3, -0.25) is 9.52 Å². The number of ketones is 1. The fourth-order valence-electron chi connectivity index (χ4n) is 3.14. The largest absolute Gasteiger partial charge is 0.393 e. The van der Waals surface area contributed by atoms with Crippen molar-refractivity contribution in [3.63, 3.8) is 0 Å². The highest BCUT2D eigenvalue weighted by Gasteiger charge is 2.24. The first-order valence-corrected chi connectivity index (χ1v) is 12.1. The Bertz CT molecular complexity index is 1500. The zero-order valence-corrected chi connectivity index (χ0v) is 20.5. The van der Waals surface area contributed by atoms with Crippen LogP contribution in [-0.4, -0.2) is 32.4 Å². The van der Waals surface area contributed by atoms with Gasteiger partial charge in [0.15, 0.2) is 11.6 Å². The highest BCUT2D eigenvalue weighted by atomic mass is 32.2. The number of hydrogen-bond donors (Lipinski definition) is 4. The SMILES string of the molecule is CN/C=C(\C=N)c1ccc(N/C=C(\C)C(=O)c2c(F)ccc(NS(=O)(=O)c3cccc(F)c3)c2F)nc1. The van der Waals surface area contributed by atoms with Crippen molar-refractivity contribution < 1.29 is 26.4 Å². The Morgan fingerprint density at radius 2 is 1.81 bits per heavy atom. The number of halogens is 3. The van der Waals surface area contributed by atoms with E-state index in [0.717, 1.165) is 42.6 Å². The van der Waals surface area contributed by atoms with E-state index >= 15 is 4.39 Å². The Labute approximate surface area is 211 Å². The van der Waals surface area contributed by atoms with Crippen LogP contribution in [0.25, 0.3) is 5.57 Å². The molecule has 4 N–H and O–H groups in total. The Balaban J connectivity index is 1.83. The molecule has 0 atom stereocenters. The van der Waals surface area contributed by atoms with Crippen molar-refractivity contribution >= 4 is 39.1 Å². The number of aromatic nitrogens is 1. The zero-order valence-electron chi connectivity index (χ0n) is 19.6. The summed E-state index contributed by atoms with van der Waals surface area (Å²) >= 11 is 0. The molecule has 0 spiro atoms. The number of pyridine rings is 1.